The fourth-order valence-corrected chi connectivity index (χ4v) is 3.56. The fourth-order valence-electron chi connectivity index (χ4n) is 3.56. The summed E-state index contributed by atoms with van der Waals surface area (Å²) in [5.41, 5.74) is 1.22. The zero-order chi connectivity index (χ0) is 19.0. The topological polar surface area (TPSA) is 81.2 Å². The van der Waals surface area contributed by atoms with Crippen molar-refractivity contribution in [3.8, 4) is 0 Å². The highest BCUT2D eigenvalue weighted by atomic mass is 16.5. The molecule has 0 N–H and O–H groups in total. The average molecular weight is 366 g/mol. The molecule has 7 nitrogen and oxygen atoms in total. The van der Waals surface area contributed by atoms with Gasteiger partial charge in [-0.1, -0.05) is 31.1 Å². The van der Waals surface area contributed by atoms with Gasteiger partial charge in [0.2, 0.25) is 5.91 Å². The molecule has 27 heavy (non-hydrogen) atoms. The van der Waals surface area contributed by atoms with Crippen molar-refractivity contribution in [1.82, 2.24) is 19.6 Å². The third-order valence-corrected chi connectivity index (χ3v) is 5.07. The minimum absolute atomic E-state index is 0.0257. The molecule has 1 amide bonds. The smallest absolute Gasteiger partial charge is 0.261 e. The van der Waals surface area contributed by atoms with Crippen LogP contribution < -0.4 is 5.56 Å². The summed E-state index contributed by atoms with van der Waals surface area (Å²) in [6.45, 7) is 4.72. The van der Waals surface area contributed by atoms with Crippen molar-refractivity contribution in [1.29, 1.82) is 0 Å². The van der Waals surface area contributed by atoms with Gasteiger partial charge < -0.3 is 9.42 Å². The first-order chi connectivity index (χ1) is 13.0. The highest BCUT2D eigenvalue weighted by Crippen LogP contribution is 2.32. The van der Waals surface area contributed by atoms with E-state index < -0.39 is 0 Å². The predicted octanol–water partition coefficient (Wildman–Crippen LogP) is 2.87. The van der Waals surface area contributed by atoms with Gasteiger partial charge in [-0.2, -0.15) is 0 Å². The number of nitrogens with zero attached hydrogens (tertiary/aromatic N) is 4. The SMILES string of the molecule is CC(C)c1cc([C@H]2CCCN2C(=O)Cn2cnc3ccccc3c2=O)no1. The Balaban J connectivity index is 1.57. The summed E-state index contributed by atoms with van der Waals surface area (Å²) in [6, 6.07) is 8.99. The number of likely N-dealkylation sites (tertiary alicyclic amines) is 1. The number of rotatable bonds is 4. The van der Waals surface area contributed by atoms with Crippen LogP contribution in [0.3, 0.4) is 0 Å². The van der Waals surface area contributed by atoms with Gasteiger partial charge in [-0.05, 0) is 25.0 Å². The van der Waals surface area contributed by atoms with Crippen LogP contribution in [0.4, 0.5) is 0 Å². The molecule has 0 spiro atoms. The van der Waals surface area contributed by atoms with Crippen LogP contribution in [0.1, 0.15) is 50.1 Å². The number of carbonyl (C=O) groups excluding carboxylic acids is 1. The van der Waals surface area contributed by atoms with Gasteiger partial charge in [-0.3, -0.25) is 14.2 Å². The van der Waals surface area contributed by atoms with Crippen LogP contribution in [0.2, 0.25) is 0 Å². The van der Waals surface area contributed by atoms with Crippen LogP contribution in [-0.4, -0.2) is 32.1 Å². The molecule has 0 bridgehead atoms. The molecule has 1 aliphatic rings. The van der Waals surface area contributed by atoms with Crippen molar-refractivity contribution in [3.05, 3.63) is 58.5 Å². The second kappa shape index (κ2) is 6.98. The zero-order valence-corrected chi connectivity index (χ0v) is 15.5. The van der Waals surface area contributed by atoms with Crippen LogP contribution in [0.15, 0.2) is 46.0 Å². The van der Waals surface area contributed by atoms with Gasteiger partial charge in [0.25, 0.3) is 5.56 Å². The maximum Gasteiger partial charge on any atom is 0.261 e. The molecule has 0 saturated carbocycles. The van der Waals surface area contributed by atoms with Crippen molar-refractivity contribution in [2.75, 3.05) is 6.54 Å². The summed E-state index contributed by atoms with van der Waals surface area (Å²) in [5.74, 6) is 0.962. The summed E-state index contributed by atoms with van der Waals surface area (Å²) < 4.78 is 6.78. The number of carbonyl (C=O) groups is 1. The van der Waals surface area contributed by atoms with Gasteiger partial charge in [0, 0.05) is 18.5 Å². The molecule has 140 valence electrons. The minimum atomic E-state index is -0.201. The third-order valence-electron chi connectivity index (χ3n) is 5.07. The predicted molar refractivity (Wildman–Crippen MR) is 100 cm³/mol. The monoisotopic (exact) mass is 366 g/mol. The van der Waals surface area contributed by atoms with E-state index in [0.29, 0.717) is 17.4 Å². The maximum atomic E-state index is 12.9. The van der Waals surface area contributed by atoms with Gasteiger partial charge in [0.05, 0.1) is 23.3 Å². The van der Waals surface area contributed by atoms with E-state index >= 15 is 0 Å². The Kier molecular flexibility index (Phi) is 4.51. The molecule has 2 aromatic heterocycles. The number of hydrogen-bond acceptors (Lipinski definition) is 5. The molecule has 1 aromatic carbocycles. The molecule has 1 aliphatic heterocycles. The van der Waals surface area contributed by atoms with E-state index in [1.165, 1.54) is 10.9 Å². The van der Waals surface area contributed by atoms with Crippen LogP contribution >= 0.6 is 0 Å². The zero-order valence-electron chi connectivity index (χ0n) is 15.5. The summed E-state index contributed by atoms with van der Waals surface area (Å²) >= 11 is 0. The molecular weight excluding hydrogens is 344 g/mol. The Morgan fingerprint density at radius 1 is 1.33 bits per heavy atom. The van der Waals surface area contributed by atoms with E-state index in [2.05, 4.69) is 10.1 Å². The van der Waals surface area contributed by atoms with Gasteiger partial charge in [-0.25, -0.2) is 4.98 Å². The number of benzene rings is 1. The lowest BCUT2D eigenvalue weighted by molar-refractivity contribution is -0.132. The summed E-state index contributed by atoms with van der Waals surface area (Å²) in [4.78, 5) is 31.6. The lowest BCUT2D eigenvalue weighted by Gasteiger charge is -2.23. The molecule has 7 heteroatoms. The Hall–Kier alpha value is -2.96. The van der Waals surface area contributed by atoms with Crippen LogP contribution in [0.25, 0.3) is 10.9 Å². The van der Waals surface area contributed by atoms with Gasteiger partial charge in [0.15, 0.2) is 0 Å². The molecule has 4 rings (SSSR count). The van der Waals surface area contributed by atoms with Crippen molar-refractivity contribution in [2.45, 2.75) is 45.2 Å². The maximum absolute atomic E-state index is 12.9. The van der Waals surface area contributed by atoms with Gasteiger partial charge >= 0.3 is 0 Å². The first-order valence-corrected chi connectivity index (χ1v) is 9.24. The number of amides is 1. The van der Waals surface area contributed by atoms with Crippen molar-refractivity contribution in [2.24, 2.45) is 0 Å². The number of fused-ring (bicyclic) bond motifs is 1. The van der Waals surface area contributed by atoms with Gasteiger partial charge in [0.1, 0.15) is 18.0 Å². The lowest BCUT2D eigenvalue weighted by Crippen LogP contribution is -2.36. The number of aromatic nitrogens is 3. The molecule has 1 atom stereocenters. The molecular formula is C20H22N4O3. The van der Waals surface area contributed by atoms with E-state index in [9.17, 15) is 9.59 Å². The van der Waals surface area contributed by atoms with Crippen molar-refractivity contribution >= 4 is 16.8 Å². The standard InChI is InChI=1S/C20H22N4O3/c1-13(2)18-10-16(22-27-18)17-8-5-9-24(17)19(25)11-23-12-21-15-7-4-3-6-14(15)20(23)26/h3-4,6-7,10,12-13,17H,5,8-9,11H2,1-2H3/t17-/m1/s1. The highest BCUT2D eigenvalue weighted by molar-refractivity contribution is 5.79. The first kappa shape index (κ1) is 17.5. The van der Waals surface area contributed by atoms with E-state index in [-0.39, 0.29) is 30.0 Å². The average Bonchev–Trinajstić information content (AvgIpc) is 3.33. The Morgan fingerprint density at radius 3 is 2.93 bits per heavy atom. The lowest BCUT2D eigenvalue weighted by atomic mass is 10.1. The van der Waals surface area contributed by atoms with E-state index in [0.717, 1.165) is 24.3 Å². The number of hydrogen-bond donors (Lipinski definition) is 0. The van der Waals surface area contributed by atoms with E-state index in [4.69, 9.17) is 4.52 Å². The van der Waals surface area contributed by atoms with Gasteiger partial charge in [-0.15, -0.1) is 0 Å². The molecule has 0 unspecified atom stereocenters. The van der Waals surface area contributed by atoms with Crippen LogP contribution in [-0.2, 0) is 11.3 Å². The van der Waals surface area contributed by atoms with Crippen molar-refractivity contribution in [3.63, 3.8) is 0 Å². The third kappa shape index (κ3) is 3.25. The van der Waals surface area contributed by atoms with Crippen LogP contribution in [0, 0.1) is 0 Å². The summed E-state index contributed by atoms with van der Waals surface area (Å²) in [7, 11) is 0. The molecule has 1 fully saturated rings. The van der Waals surface area contributed by atoms with E-state index in [1.807, 2.05) is 26.0 Å². The number of para-hydroxylation sites is 1. The Labute approximate surface area is 156 Å². The molecule has 0 radical (unpaired) electrons. The summed E-state index contributed by atoms with van der Waals surface area (Å²) in [5, 5.41) is 4.69. The summed E-state index contributed by atoms with van der Waals surface area (Å²) in [6.07, 6.45) is 3.20. The van der Waals surface area contributed by atoms with Crippen molar-refractivity contribution < 1.29 is 9.32 Å². The highest BCUT2D eigenvalue weighted by Gasteiger charge is 2.32. The van der Waals surface area contributed by atoms with E-state index in [1.54, 1.807) is 23.1 Å². The molecule has 3 heterocycles. The molecule has 1 saturated heterocycles. The second-order valence-corrected chi connectivity index (χ2v) is 7.25. The Morgan fingerprint density at radius 2 is 2.15 bits per heavy atom. The minimum Gasteiger partial charge on any atom is -0.361 e. The molecule has 3 aromatic rings. The largest absolute Gasteiger partial charge is 0.361 e. The first-order valence-electron chi connectivity index (χ1n) is 9.24. The molecule has 0 aliphatic carbocycles. The Bertz CT molecular complexity index is 1040. The van der Waals surface area contributed by atoms with Crippen LogP contribution in [0.5, 0.6) is 0 Å². The fraction of sp³-hybridized carbons (Fsp3) is 0.400. The normalized spacial score (nSPS) is 17.1. The quantitative estimate of drug-likeness (QED) is 0.709. The second-order valence-electron chi connectivity index (χ2n) is 7.25.